The van der Waals surface area contributed by atoms with Gasteiger partial charge in [-0.05, 0) is 30.7 Å². The molecule has 4 nitrogen and oxygen atoms in total. The molecular formula is C20H19FN2O2S2. The van der Waals surface area contributed by atoms with Crippen LogP contribution < -0.4 is 10.1 Å². The third-order valence-corrected chi connectivity index (χ3v) is 5.76. The van der Waals surface area contributed by atoms with Crippen LogP contribution in [0, 0.1) is 5.82 Å². The Bertz CT molecular complexity index is 914. The van der Waals surface area contributed by atoms with Gasteiger partial charge in [0, 0.05) is 11.1 Å². The molecule has 0 aliphatic carbocycles. The SMILES string of the molecule is CCOc1ccccc1NC(=O)Cc1csc(SCc2ccccc2F)n1. The van der Waals surface area contributed by atoms with E-state index >= 15 is 0 Å². The van der Waals surface area contributed by atoms with Crippen LogP contribution in [-0.2, 0) is 17.0 Å². The number of anilines is 1. The summed E-state index contributed by atoms with van der Waals surface area (Å²) in [6.07, 6.45) is 0.178. The summed E-state index contributed by atoms with van der Waals surface area (Å²) in [5, 5.41) is 4.72. The predicted molar refractivity (Wildman–Crippen MR) is 108 cm³/mol. The zero-order chi connectivity index (χ0) is 19.1. The van der Waals surface area contributed by atoms with Gasteiger partial charge >= 0.3 is 0 Å². The molecule has 1 aromatic heterocycles. The molecule has 0 saturated carbocycles. The Morgan fingerprint density at radius 1 is 1.22 bits per heavy atom. The minimum absolute atomic E-state index is 0.155. The number of amides is 1. The van der Waals surface area contributed by atoms with E-state index in [1.807, 2.05) is 36.6 Å². The van der Waals surface area contributed by atoms with E-state index in [1.165, 1.54) is 29.2 Å². The van der Waals surface area contributed by atoms with Crippen molar-refractivity contribution in [1.82, 2.24) is 4.98 Å². The van der Waals surface area contributed by atoms with Crippen LogP contribution in [0.4, 0.5) is 10.1 Å². The molecule has 0 spiro atoms. The Morgan fingerprint density at radius 3 is 2.81 bits per heavy atom. The number of hydrogen-bond donors (Lipinski definition) is 1. The summed E-state index contributed by atoms with van der Waals surface area (Å²) in [6.45, 7) is 2.43. The molecule has 3 rings (SSSR count). The van der Waals surface area contributed by atoms with Gasteiger partial charge < -0.3 is 10.1 Å². The minimum atomic E-state index is -0.214. The van der Waals surface area contributed by atoms with Gasteiger partial charge in [0.15, 0.2) is 0 Å². The van der Waals surface area contributed by atoms with Gasteiger partial charge in [-0.25, -0.2) is 9.37 Å². The van der Waals surface area contributed by atoms with E-state index in [2.05, 4.69) is 10.3 Å². The van der Waals surface area contributed by atoms with Gasteiger partial charge in [-0.15, -0.1) is 11.3 Å². The fraction of sp³-hybridized carbons (Fsp3) is 0.200. The first-order chi connectivity index (χ1) is 13.2. The highest BCUT2D eigenvalue weighted by atomic mass is 32.2. The van der Waals surface area contributed by atoms with E-state index < -0.39 is 0 Å². The number of aromatic nitrogens is 1. The molecule has 0 aliphatic heterocycles. The maximum absolute atomic E-state index is 13.7. The lowest BCUT2D eigenvalue weighted by Crippen LogP contribution is -2.15. The summed E-state index contributed by atoms with van der Waals surface area (Å²) >= 11 is 2.92. The summed E-state index contributed by atoms with van der Waals surface area (Å²) in [5.74, 6) is 0.785. The topological polar surface area (TPSA) is 51.2 Å². The lowest BCUT2D eigenvalue weighted by Gasteiger charge is -2.10. The van der Waals surface area contributed by atoms with Crippen molar-refractivity contribution >= 4 is 34.7 Å². The molecule has 0 unspecified atom stereocenters. The van der Waals surface area contributed by atoms with Crippen LogP contribution in [0.3, 0.4) is 0 Å². The van der Waals surface area contributed by atoms with Crippen LogP contribution in [0.5, 0.6) is 5.75 Å². The van der Waals surface area contributed by atoms with Gasteiger partial charge in [-0.2, -0.15) is 0 Å². The number of halogens is 1. The van der Waals surface area contributed by atoms with E-state index in [9.17, 15) is 9.18 Å². The average Bonchev–Trinajstić information content (AvgIpc) is 3.10. The van der Waals surface area contributed by atoms with Crippen molar-refractivity contribution in [3.8, 4) is 5.75 Å². The molecule has 0 saturated heterocycles. The van der Waals surface area contributed by atoms with Crippen molar-refractivity contribution in [3.05, 3.63) is 71.0 Å². The normalized spacial score (nSPS) is 10.6. The minimum Gasteiger partial charge on any atom is -0.492 e. The summed E-state index contributed by atoms with van der Waals surface area (Å²) in [7, 11) is 0. The number of thioether (sulfide) groups is 1. The second kappa shape index (κ2) is 9.53. The predicted octanol–water partition coefficient (Wildman–Crippen LogP) is 5.15. The third-order valence-electron chi connectivity index (χ3n) is 3.64. The number of hydrogen-bond acceptors (Lipinski definition) is 5. The van der Waals surface area contributed by atoms with Gasteiger partial charge in [-0.3, -0.25) is 4.79 Å². The second-order valence-corrected chi connectivity index (χ2v) is 7.72. The van der Waals surface area contributed by atoms with Crippen molar-refractivity contribution in [2.45, 2.75) is 23.4 Å². The second-order valence-electron chi connectivity index (χ2n) is 5.64. The standard InChI is InChI=1S/C20H19FN2O2S2/c1-2-25-18-10-6-5-9-17(18)23-19(24)11-15-13-27-20(22-15)26-12-14-7-3-4-8-16(14)21/h3-10,13H,2,11-12H2,1H3,(H,23,24). The van der Waals surface area contributed by atoms with Gasteiger partial charge in [0.05, 0.1) is 24.4 Å². The van der Waals surface area contributed by atoms with E-state index in [0.717, 1.165) is 4.34 Å². The largest absolute Gasteiger partial charge is 0.492 e. The molecule has 0 aliphatic rings. The summed E-state index contributed by atoms with van der Waals surface area (Å²) in [4.78, 5) is 16.8. The van der Waals surface area contributed by atoms with Crippen molar-refractivity contribution in [3.63, 3.8) is 0 Å². The summed E-state index contributed by atoms with van der Waals surface area (Å²) < 4.78 is 20.0. The highest BCUT2D eigenvalue weighted by Gasteiger charge is 2.11. The molecule has 140 valence electrons. The first-order valence-electron chi connectivity index (χ1n) is 8.48. The highest BCUT2D eigenvalue weighted by molar-refractivity contribution is 8.00. The molecule has 1 heterocycles. The van der Waals surface area contributed by atoms with Crippen LogP contribution in [0.1, 0.15) is 18.2 Å². The zero-order valence-corrected chi connectivity index (χ0v) is 16.4. The molecular weight excluding hydrogens is 383 g/mol. The fourth-order valence-corrected chi connectivity index (χ4v) is 4.23. The van der Waals surface area contributed by atoms with Crippen molar-refractivity contribution in [1.29, 1.82) is 0 Å². The van der Waals surface area contributed by atoms with Crippen LogP contribution in [0.2, 0.25) is 0 Å². The van der Waals surface area contributed by atoms with Gasteiger partial charge in [0.25, 0.3) is 0 Å². The lowest BCUT2D eigenvalue weighted by atomic mass is 10.2. The Kier molecular flexibility index (Phi) is 6.84. The van der Waals surface area contributed by atoms with E-state index in [4.69, 9.17) is 4.74 Å². The Balaban J connectivity index is 1.56. The molecule has 0 radical (unpaired) electrons. The Labute approximate surface area is 165 Å². The molecule has 1 N–H and O–H groups in total. The van der Waals surface area contributed by atoms with Crippen LogP contribution in [0.15, 0.2) is 58.3 Å². The van der Waals surface area contributed by atoms with Crippen LogP contribution in [-0.4, -0.2) is 17.5 Å². The number of nitrogens with one attached hydrogen (secondary N) is 1. The number of nitrogens with zero attached hydrogens (tertiary/aromatic N) is 1. The van der Waals surface area contributed by atoms with Crippen LogP contribution in [0.25, 0.3) is 0 Å². The number of thiazole rings is 1. The van der Waals surface area contributed by atoms with E-state index in [-0.39, 0.29) is 18.1 Å². The molecule has 1 amide bonds. The zero-order valence-electron chi connectivity index (χ0n) is 14.8. The molecule has 0 bridgehead atoms. The van der Waals surface area contributed by atoms with Gasteiger partial charge in [0.1, 0.15) is 15.9 Å². The molecule has 0 fully saturated rings. The first kappa shape index (κ1) is 19.4. The average molecular weight is 403 g/mol. The Morgan fingerprint density at radius 2 is 2.00 bits per heavy atom. The van der Waals surface area contributed by atoms with Crippen molar-refractivity contribution in [2.24, 2.45) is 0 Å². The number of carbonyl (C=O) groups is 1. The number of carbonyl (C=O) groups excluding carboxylic acids is 1. The fourth-order valence-electron chi connectivity index (χ4n) is 2.40. The van der Waals surface area contributed by atoms with Crippen molar-refractivity contribution < 1.29 is 13.9 Å². The number of benzene rings is 2. The quantitative estimate of drug-likeness (QED) is 0.529. The smallest absolute Gasteiger partial charge is 0.230 e. The number of para-hydroxylation sites is 2. The summed E-state index contributed by atoms with van der Waals surface area (Å²) in [6, 6.07) is 14.0. The Hall–Kier alpha value is -2.38. The number of rotatable bonds is 8. The molecule has 3 aromatic rings. The maximum atomic E-state index is 13.7. The summed E-state index contributed by atoms with van der Waals surface area (Å²) in [5.41, 5.74) is 1.99. The number of ether oxygens (including phenoxy) is 1. The third kappa shape index (κ3) is 5.55. The van der Waals surface area contributed by atoms with Gasteiger partial charge in [-0.1, -0.05) is 42.1 Å². The van der Waals surface area contributed by atoms with E-state index in [0.29, 0.717) is 35.1 Å². The van der Waals surface area contributed by atoms with E-state index in [1.54, 1.807) is 18.2 Å². The van der Waals surface area contributed by atoms with Crippen LogP contribution >= 0.6 is 23.1 Å². The maximum Gasteiger partial charge on any atom is 0.230 e. The molecule has 0 atom stereocenters. The monoisotopic (exact) mass is 402 g/mol. The molecule has 2 aromatic carbocycles. The molecule has 7 heteroatoms. The van der Waals surface area contributed by atoms with Crippen molar-refractivity contribution in [2.75, 3.05) is 11.9 Å². The lowest BCUT2D eigenvalue weighted by molar-refractivity contribution is -0.115. The first-order valence-corrected chi connectivity index (χ1v) is 10.3. The highest BCUT2D eigenvalue weighted by Crippen LogP contribution is 2.28. The molecule has 27 heavy (non-hydrogen) atoms. The van der Waals surface area contributed by atoms with Gasteiger partial charge in [0.2, 0.25) is 5.91 Å².